The minimum absolute atomic E-state index is 0.484. The highest BCUT2D eigenvalue weighted by Gasteiger charge is 2.15. The van der Waals surface area contributed by atoms with Gasteiger partial charge in [0.1, 0.15) is 5.75 Å². The maximum atomic E-state index is 5.31. The molecule has 0 aromatic heterocycles. The molecule has 1 unspecified atom stereocenters. The zero-order chi connectivity index (χ0) is 19.1. The van der Waals surface area contributed by atoms with Gasteiger partial charge in [0.2, 0.25) is 0 Å². The third-order valence-corrected chi connectivity index (χ3v) is 5.06. The lowest BCUT2D eigenvalue weighted by atomic mass is 10.0. The molecule has 3 rings (SSSR count). The van der Waals surface area contributed by atoms with Crippen LogP contribution in [0.5, 0.6) is 5.75 Å². The molecule has 2 heteroatoms. The van der Waals surface area contributed by atoms with E-state index < -0.39 is 0 Å². The lowest BCUT2D eigenvalue weighted by Crippen LogP contribution is -2.32. The van der Waals surface area contributed by atoms with E-state index in [0.29, 0.717) is 6.04 Å². The molecule has 27 heavy (non-hydrogen) atoms. The minimum Gasteiger partial charge on any atom is -0.497 e. The lowest BCUT2D eigenvalue weighted by Gasteiger charge is -2.31. The van der Waals surface area contributed by atoms with Crippen molar-refractivity contribution in [2.24, 2.45) is 0 Å². The first-order valence-corrected chi connectivity index (χ1v) is 9.76. The standard InChI is InChI=1S/C25H29NO/c1-4-8-20(2)26(24-15-17-25(27-3)18-16-24)19-21-11-13-23(14-12-21)22-9-6-5-7-10-22/h5-7,9-18,20H,4,8,19H2,1-3H3. The fourth-order valence-electron chi connectivity index (χ4n) is 3.48. The highest BCUT2D eigenvalue weighted by molar-refractivity contribution is 5.63. The highest BCUT2D eigenvalue weighted by Crippen LogP contribution is 2.26. The van der Waals surface area contributed by atoms with Crippen molar-refractivity contribution in [3.8, 4) is 16.9 Å². The van der Waals surface area contributed by atoms with Gasteiger partial charge in [-0.3, -0.25) is 0 Å². The maximum Gasteiger partial charge on any atom is 0.119 e. The van der Waals surface area contributed by atoms with Crippen molar-refractivity contribution in [1.82, 2.24) is 0 Å². The van der Waals surface area contributed by atoms with Crippen LogP contribution in [0.25, 0.3) is 11.1 Å². The zero-order valence-electron chi connectivity index (χ0n) is 16.6. The number of rotatable bonds is 8. The van der Waals surface area contributed by atoms with Crippen LogP contribution in [-0.2, 0) is 6.54 Å². The average molecular weight is 360 g/mol. The molecule has 2 nitrogen and oxygen atoms in total. The number of anilines is 1. The summed E-state index contributed by atoms with van der Waals surface area (Å²) >= 11 is 0. The van der Waals surface area contributed by atoms with Crippen LogP contribution in [0, 0.1) is 0 Å². The second kappa shape index (κ2) is 9.27. The normalized spacial score (nSPS) is 11.8. The smallest absolute Gasteiger partial charge is 0.119 e. The van der Waals surface area contributed by atoms with Crippen LogP contribution < -0.4 is 9.64 Å². The predicted octanol–water partition coefficient (Wildman–Crippen LogP) is 6.56. The molecule has 140 valence electrons. The predicted molar refractivity (Wildman–Crippen MR) is 115 cm³/mol. The first-order chi connectivity index (χ1) is 13.2. The maximum absolute atomic E-state index is 5.31. The van der Waals surface area contributed by atoms with Gasteiger partial charge in [0.15, 0.2) is 0 Å². The Kier molecular flexibility index (Phi) is 6.54. The molecule has 0 aliphatic heterocycles. The SMILES string of the molecule is CCCC(C)N(Cc1ccc(-c2ccccc2)cc1)c1ccc(OC)cc1. The molecule has 0 N–H and O–H groups in total. The number of hydrogen-bond donors (Lipinski definition) is 0. The molecule has 0 saturated heterocycles. The van der Waals surface area contributed by atoms with Crippen LogP contribution in [0.3, 0.4) is 0 Å². The van der Waals surface area contributed by atoms with Crippen molar-refractivity contribution >= 4 is 5.69 Å². The third-order valence-electron chi connectivity index (χ3n) is 5.06. The Morgan fingerprint density at radius 3 is 2.04 bits per heavy atom. The quantitative estimate of drug-likeness (QED) is 0.452. The van der Waals surface area contributed by atoms with Crippen LogP contribution in [0.2, 0.25) is 0 Å². The molecule has 1 atom stereocenters. The van der Waals surface area contributed by atoms with Gasteiger partial charge in [0.05, 0.1) is 7.11 Å². The van der Waals surface area contributed by atoms with E-state index in [1.807, 2.05) is 12.1 Å². The molecule has 0 saturated carbocycles. The van der Waals surface area contributed by atoms with Crippen LogP contribution in [-0.4, -0.2) is 13.2 Å². The Bertz CT molecular complexity index is 809. The molecule has 0 fully saturated rings. The van der Waals surface area contributed by atoms with Gasteiger partial charge in [-0.1, -0.05) is 67.9 Å². The van der Waals surface area contributed by atoms with Gasteiger partial charge in [-0.25, -0.2) is 0 Å². The van der Waals surface area contributed by atoms with E-state index in [0.717, 1.165) is 12.3 Å². The first-order valence-electron chi connectivity index (χ1n) is 9.76. The van der Waals surface area contributed by atoms with E-state index >= 15 is 0 Å². The summed E-state index contributed by atoms with van der Waals surface area (Å²) in [5.41, 5.74) is 5.09. The largest absolute Gasteiger partial charge is 0.497 e. The summed E-state index contributed by atoms with van der Waals surface area (Å²) in [6.45, 7) is 5.46. The number of methoxy groups -OCH3 is 1. The number of hydrogen-bond acceptors (Lipinski definition) is 2. The third kappa shape index (κ3) is 4.91. The summed E-state index contributed by atoms with van der Waals surface area (Å²) < 4.78 is 5.31. The van der Waals surface area contributed by atoms with Crippen LogP contribution >= 0.6 is 0 Å². The topological polar surface area (TPSA) is 12.5 Å². The monoisotopic (exact) mass is 359 g/mol. The van der Waals surface area contributed by atoms with E-state index in [1.165, 1.54) is 35.2 Å². The van der Waals surface area contributed by atoms with Crippen LogP contribution in [0.1, 0.15) is 32.3 Å². The second-order valence-electron chi connectivity index (χ2n) is 7.03. The van der Waals surface area contributed by atoms with Crippen molar-refractivity contribution in [3.05, 3.63) is 84.4 Å². The summed E-state index contributed by atoms with van der Waals surface area (Å²) in [7, 11) is 1.71. The molecular weight excluding hydrogens is 330 g/mol. The molecule has 0 aliphatic carbocycles. The average Bonchev–Trinajstić information content (AvgIpc) is 2.73. The molecule has 0 radical (unpaired) electrons. The molecule has 0 spiro atoms. The van der Waals surface area contributed by atoms with Crippen LogP contribution in [0.15, 0.2) is 78.9 Å². The fourth-order valence-corrected chi connectivity index (χ4v) is 3.48. The Morgan fingerprint density at radius 2 is 1.44 bits per heavy atom. The molecule has 0 heterocycles. The summed E-state index contributed by atoms with van der Waals surface area (Å²) in [5, 5.41) is 0. The van der Waals surface area contributed by atoms with E-state index in [4.69, 9.17) is 4.74 Å². The van der Waals surface area contributed by atoms with Crippen LogP contribution in [0.4, 0.5) is 5.69 Å². The summed E-state index contributed by atoms with van der Waals surface area (Å²) in [6, 6.07) is 28.4. The number of benzene rings is 3. The molecule has 0 aliphatic rings. The van der Waals surface area contributed by atoms with Gasteiger partial charge < -0.3 is 9.64 Å². The van der Waals surface area contributed by atoms with Crippen molar-refractivity contribution in [2.75, 3.05) is 12.0 Å². The van der Waals surface area contributed by atoms with Gasteiger partial charge >= 0.3 is 0 Å². The zero-order valence-corrected chi connectivity index (χ0v) is 16.6. The van der Waals surface area contributed by atoms with E-state index in [2.05, 4.69) is 85.5 Å². The summed E-state index contributed by atoms with van der Waals surface area (Å²) in [6.07, 6.45) is 2.36. The van der Waals surface area contributed by atoms with Gasteiger partial charge in [0, 0.05) is 18.3 Å². The molecule has 0 amide bonds. The molecule has 3 aromatic rings. The first kappa shape index (κ1) is 19.0. The lowest BCUT2D eigenvalue weighted by molar-refractivity contribution is 0.414. The summed E-state index contributed by atoms with van der Waals surface area (Å²) in [5.74, 6) is 0.897. The van der Waals surface area contributed by atoms with E-state index in [9.17, 15) is 0 Å². The van der Waals surface area contributed by atoms with E-state index in [1.54, 1.807) is 7.11 Å². The molecular formula is C25H29NO. The second-order valence-corrected chi connectivity index (χ2v) is 7.03. The van der Waals surface area contributed by atoms with Crippen molar-refractivity contribution in [2.45, 2.75) is 39.3 Å². The molecule has 3 aromatic carbocycles. The van der Waals surface area contributed by atoms with Crippen molar-refractivity contribution in [3.63, 3.8) is 0 Å². The van der Waals surface area contributed by atoms with Crippen molar-refractivity contribution < 1.29 is 4.74 Å². The van der Waals surface area contributed by atoms with Gasteiger partial charge in [-0.05, 0) is 54.3 Å². The van der Waals surface area contributed by atoms with Gasteiger partial charge in [-0.15, -0.1) is 0 Å². The van der Waals surface area contributed by atoms with Crippen molar-refractivity contribution in [1.29, 1.82) is 0 Å². The summed E-state index contributed by atoms with van der Waals surface area (Å²) in [4.78, 5) is 2.49. The number of nitrogens with zero attached hydrogens (tertiary/aromatic N) is 1. The fraction of sp³-hybridized carbons (Fsp3) is 0.280. The van der Waals surface area contributed by atoms with Gasteiger partial charge in [0.25, 0.3) is 0 Å². The molecule has 0 bridgehead atoms. The highest BCUT2D eigenvalue weighted by atomic mass is 16.5. The minimum atomic E-state index is 0.484. The Morgan fingerprint density at radius 1 is 0.815 bits per heavy atom. The Balaban J connectivity index is 1.80. The number of ether oxygens (including phenoxy) is 1. The Hall–Kier alpha value is -2.74. The Labute approximate surface area is 163 Å². The van der Waals surface area contributed by atoms with Gasteiger partial charge in [-0.2, -0.15) is 0 Å². The van der Waals surface area contributed by atoms with E-state index in [-0.39, 0.29) is 0 Å².